The van der Waals surface area contributed by atoms with E-state index in [-0.39, 0.29) is 5.97 Å². The predicted octanol–water partition coefficient (Wildman–Crippen LogP) is 1.16. The molecule has 0 unspecified atom stereocenters. The Labute approximate surface area is 101 Å². The number of hydrogen-bond acceptors (Lipinski definition) is 4. The summed E-state index contributed by atoms with van der Waals surface area (Å²) in [5, 5.41) is 0. The maximum atomic E-state index is 11.4. The van der Waals surface area contributed by atoms with Crippen LogP contribution >= 0.6 is 0 Å². The number of nitrogens with zero attached hydrogens (tertiary/aromatic N) is 3. The van der Waals surface area contributed by atoms with Crippen molar-refractivity contribution in [2.45, 2.75) is 26.3 Å². The first-order valence-corrected chi connectivity index (χ1v) is 6.21. The van der Waals surface area contributed by atoms with Gasteiger partial charge in [-0.2, -0.15) is 0 Å². The topological polar surface area (TPSA) is 47.4 Å². The van der Waals surface area contributed by atoms with Crippen molar-refractivity contribution in [2.24, 2.45) is 0 Å². The van der Waals surface area contributed by atoms with Gasteiger partial charge in [0.15, 0.2) is 5.69 Å². The first-order chi connectivity index (χ1) is 8.29. The van der Waals surface area contributed by atoms with Gasteiger partial charge in [0.25, 0.3) is 0 Å². The van der Waals surface area contributed by atoms with Crippen LogP contribution in [0.15, 0.2) is 12.5 Å². The van der Waals surface area contributed by atoms with Crippen LogP contribution < -0.4 is 0 Å². The Morgan fingerprint density at radius 3 is 2.88 bits per heavy atom. The molecule has 0 N–H and O–H groups in total. The molecular formula is C12H19N3O2. The Hall–Kier alpha value is -1.36. The SMILES string of the molecule is CCOC(=O)c1cn(CCN2CCCC2)cn1. The number of esters is 1. The van der Waals surface area contributed by atoms with Crippen LogP contribution in [0.5, 0.6) is 0 Å². The average molecular weight is 237 g/mol. The molecule has 0 radical (unpaired) electrons. The van der Waals surface area contributed by atoms with E-state index in [1.165, 1.54) is 25.9 Å². The van der Waals surface area contributed by atoms with Crippen LogP contribution in [0.1, 0.15) is 30.3 Å². The molecular weight excluding hydrogens is 218 g/mol. The summed E-state index contributed by atoms with van der Waals surface area (Å²) in [5.41, 5.74) is 0.397. The Morgan fingerprint density at radius 1 is 1.41 bits per heavy atom. The highest BCUT2D eigenvalue weighted by molar-refractivity contribution is 5.86. The molecule has 0 aliphatic carbocycles. The van der Waals surface area contributed by atoms with E-state index in [4.69, 9.17) is 4.74 Å². The van der Waals surface area contributed by atoms with Gasteiger partial charge in [-0.25, -0.2) is 9.78 Å². The third-order valence-electron chi connectivity index (χ3n) is 2.99. The van der Waals surface area contributed by atoms with Crippen LogP contribution in [0.25, 0.3) is 0 Å². The summed E-state index contributed by atoms with van der Waals surface area (Å²) < 4.78 is 6.84. The van der Waals surface area contributed by atoms with Crippen molar-refractivity contribution in [3.8, 4) is 0 Å². The standard InChI is InChI=1S/C12H19N3O2/c1-2-17-12(16)11-9-15(10-13-11)8-7-14-5-3-4-6-14/h9-10H,2-8H2,1H3. The highest BCUT2D eigenvalue weighted by atomic mass is 16.5. The summed E-state index contributed by atoms with van der Waals surface area (Å²) in [7, 11) is 0. The smallest absolute Gasteiger partial charge is 0.358 e. The first-order valence-electron chi connectivity index (χ1n) is 6.21. The third-order valence-corrected chi connectivity index (χ3v) is 2.99. The largest absolute Gasteiger partial charge is 0.461 e. The van der Waals surface area contributed by atoms with Crippen LogP contribution in [0, 0.1) is 0 Å². The minimum Gasteiger partial charge on any atom is -0.461 e. The van der Waals surface area contributed by atoms with Crippen molar-refractivity contribution in [1.29, 1.82) is 0 Å². The number of imidazole rings is 1. The first kappa shape index (κ1) is 12.1. The molecule has 0 spiro atoms. The zero-order chi connectivity index (χ0) is 12.1. The van der Waals surface area contributed by atoms with E-state index >= 15 is 0 Å². The molecule has 1 aliphatic rings. The summed E-state index contributed by atoms with van der Waals surface area (Å²) in [6.07, 6.45) is 6.06. The van der Waals surface area contributed by atoms with Crippen molar-refractivity contribution in [2.75, 3.05) is 26.2 Å². The number of ether oxygens (including phenoxy) is 1. The van der Waals surface area contributed by atoms with Gasteiger partial charge in [0.05, 0.1) is 12.9 Å². The van der Waals surface area contributed by atoms with E-state index in [1.807, 2.05) is 4.57 Å². The fraction of sp³-hybridized carbons (Fsp3) is 0.667. The molecule has 0 amide bonds. The summed E-state index contributed by atoms with van der Waals surface area (Å²) in [6, 6.07) is 0. The van der Waals surface area contributed by atoms with E-state index in [9.17, 15) is 4.79 Å². The number of hydrogen-bond donors (Lipinski definition) is 0. The third kappa shape index (κ3) is 3.30. The molecule has 2 rings (SSSR count). The molecule has 0 saturated carbocycles. The Kier molecular flexibility index (Phi) is 4.14. The lowest BCUT2D eigenvalue weighted by Crippen LogP contribution is -2.23. The number of carbonyl (C=O) groups is 1. The van der Waals surface area contributed by atoms with Gasteiger partial charge in [0.1, 0.15) is 0 Å². The van der Waals surface area contributed by atoms with Crippen LogP contribution in [0.4, 0.5) is 0 Å². The second kappa shape index (κ2) is 5.82. The molecule has 17 heavy (non-hydrogen) atoms. The fourth-order valence-corrected chi connectivity index (χ4v) is 2.06. The Balaban J connectivity index is 1.83. The van der Waals surface area contributed by atoms with Gasteiger partial charge in [-0.3, -0.25) is 0 Å². The highest BCUT2D eigenvalue weighted by Gasteiger charge is 2.12. The minimum atomic E-state index is -0.340. The van der Waals surface area contributed by atoms with E-state index < -0.39 is 0 Å². The van der Waals surface area contributed by atoms with Gasteiger partial charge < -0.3 is 14.2 Å². The normalized spacial score (nSPS) is 16.3. The molecule has 1 aromatic heterocycles. The van der Waals surface area contributed by atoms with E-state index in [0.29, 0.717) is 12.3 Å². The second-order valence-electron chi connectivity index (χ2n) is 4.27. The average Bonchev–Trinajstić information content (AvgIpc) is 2.98. The molecule has 94 valence electrons. The fourth-order valence-electron chi connectivity index (χ4n) is 2.06. The van der Waals surface area contributed by atoms with Gasteiger partial charge in [-0.1, -0.05) is 0 Å². The number of aromatic nitrogens is 2. The van der Waals surface area contributed by atoms with Crippen LogP contribution in [0.2, 0.25) is 0 Å². The molecule has 1 fully saturated rings. The monoisotopic (exact) mass is 237 g/mol. The number of rotatable bonds is 5. The lowest BCUT2D eigenvalue weighted by atomic mass is 10.4. The van der Waals surface area contributed by atoms with Crippen molar-refractivity contribution < 1.29 is 9.53 Å². The van der Waals surface area contributed by atoms with Crippen LogP contribution in [0.3, 0.4) is 0 Å². The van der Waals surface area contributed by atoms with Crippen molar-refractivity contribution in [3.63, 3.8) is 0 Å². The van der Waals surface area contributed by atoms with Crippen LogP contribution in [-0.2, 0) is 11.3 Å². The number of carbonyl (C=O) groups excluding carboxylic acids is 1. The van der Waals surface area contributed by atoms with E-state index in [0.717, 1.165) is 13.1 Å². The molecule has 0 atom stereocenters. The van der Waals surface area contributed by atoms with Gasteiger partial charge in [-0.05, 0) is 32.9 Å². The highest BCUT2D eigenvalue weighted by Crippen LogP contribution is 2.07. The molecule has 2 heterocycles. The number of likely N-dealkylation sites (tertiary alicyclic amines) is 1. The summed E-state index contributed by atoms with van der Waals surface area (Å²) in [6.45, 7) is 6.48. The van der Waals surface area contributed by atoms with Crippen molar-refractivity contribution in [1.82, 2.24) is 14.5 Å². The van der Waals surface area contributed by atoms with E-state index in [1.54, 1.807) is 19.4 Å². The zero-order valence-electron chi connectivity index (χ0n) is 10.3. The molecule has 0 bridgehead atoms. The quantitative estimate of drug-likeness (QED) is 0.721. The Bertz CT molecular complexity index is 370. The maximum Gasteiger partial charge on any atom is 0.358 e. The maximum absolute atomic E-state index is 11.4. The molecule has 5 nitrogen and oxygen atoms in total. The van der Waals surface area contributed by atoms with Crippen LogP contribution in [-0.4, -0.2) is 46.7 Å². The summed E-state index contributed by atoms with van der Waals surface area (Å²) in [5.74, 6) is -0.340. The summed E-state index contributed by atoms with van der Waals surface area (Å²) >= 11 is 0. The Morgan fingerprint density at radius 2 is 2.18 bits per heavy atom. The lowest BCUT2D eigenvalue weighted by molar-refractivity contribution is 0.0520. The molecule has 1 saturated heterocycles. The molecule has 5 heteroatoms. The summed E-state index contributed by atoms with van der Waals surface area (Å²) in [4.78, 5) is 17.9. The van der Waals surface area contributed by atoms with Gasteiger partial charge in [-0.15, -0.1) is 0 Å². The minimum absolute atomic E-state index is 0.340. The van der Waals surface area contributed by atoms with Crippen molar-refractivity contribution in [3.05, 3.63) is 18.2 Å². The van der Waals surface area contributed by atoms with Gasteiger partial charge in [0, 0.05) is 19.3 Å². The zero-order valence-corrected chi connectivity index (χ0v) is 10.3. The van der Waals surface area contributed by atoms with E-state index in [2.05, 4.69) is 9.88 Å². The molecule has 1 aliphatic heterocycles. The van der Waals surface area contributed by atoms with Gasteiger partial charge in [0.2, 0.25) is 0 Å². The molecule has 0 aromatic carbocycles. The lowest BCUT2D eigenvalue weighted by Gasteiger charge is -2.14. The van der Waals surface area contributed by atoms with Gasteiger partial charge >= 0.3 is 5.97 Å². The predicted molar refractivity (Wildman–Crippen MR) is 63.9 cm³/mol. The molecule has 1 aromatic rings. The second-order valence-corrected chi connectivity index (χ2v) is 4.27. The van der Waals surface area contributed by atoms with Crippen molar-refractivity contribution >= 4 is 5.97 Å².